The highest BCUT2D eigenvalue weighted by Gasteiger charge is 2.15. The molecule has 6 nitrogen and oxygen atoms in total. The van der Waals surface area contributed by atoms with Gasteiger partial charge in [0.05, 0.1) is 6.61 Å². The molecule has 100 valence electrons. The summed E-state index contributed by atoms with van der Waals surface area (Å²) in [6, 6.07) is 7.57. The second-order valence-corrected chi connectivity index (χ2v) is 3.52. The molecular weight excluding hydrogens is 244 g/mol. The number of benzene rings is 1. The van der Waals surface area contributed by atoms with Gasteiger partial charge in [-0.3, -0.25) is 10.3 Å². The average Bonchev–Trinajstić information content (AvgIpc) is 2.44. The zero-order valence-electron chi connectivity index (χ0n) is 11.2. The van der Waals surface area contributed by atoms with Gasteiger partial charge in [0, 0.05) is 19.7 Å². The van der Waals surface area contributed by atoms with Crippen LogP contribution >= 0.6 is 0 Å². The number of nitrogens with one attached hydrogen (secondary N) is 1. The number of hydrogen-bond acceptors (Lipinski definition) is 5. The van der Waals surface area contributed by atoms with Crippen LogP contribution in [0, 0.1) is 11.5 Å². The molecule has 0 atom stereocenters. The fraction of sp³-hybridized carbons (Fsp3) is 0.308. The lowest BCUT2D eigenvalue weighted by Crippen LogP contribution is -2.29. The minimum absolute atomic E-state index is 0.341. The standard InChI is InChI=1S/C13H16N4O2/c1-15-13(16-9-14)12(17-19-3)11-7-5-4-6-10(11)8-18-2/h4-7H,8H2,1-3H3,(H,15,16)/b17-12-. The van der Waals surface area contributed by atoms with E-state index in [2.05, 4.69) is 15.5 Å². The van der Waals surface area contributed by atoms with Gasteiger partial charge in [-0.05, 0) is 5.56 Å². The van der Waals surface area contributed by atoms with E-state index in [1.807, 2.05) is 30.5 Å². The van der Waals surface area contributed by atoms with E-state index in [-0.39, 0.29) is 0 Å². The zero-order valence-corrected chi connectivity index (χ0v) is 11.2. The second-order valence-electron chi connectivity index (χ2n) is 3.52. The van der Waals surface area contributed by atoms with E-state index >= 15 is 0 Å². The molecule has 1 N–H and O–H groups in total. The molecule has 1 rings (SSSR count). The molecule has 0 heterocycles. The van der Waals surface area contributed by atoms with Gasteiger partial charge in [-0.2, -0.15) is 5.26 Å². The van der Waals surface area contributed by atoms with Crippen molar-refractivity contribution in [3.05, 3.63) is 35.4 Å². The van der Waals surface area contributed by atoms with Crippen LogP contribution < -0.4 is 5.32 Å². The van der Waals surface area contributed by atoms with E-state index < -0.39 is 0 Å². The van der Waals surface area contributed by atoms with Crippen molar-refractivity contribution in [3.8, 4) is 6.19 Å². The normalized spacial score (nSPS) is 11.9. The third-order valence-corrected chi connectivity index (χ3v) is 2.38. The molecule has 0 saturated carbocycles. The van der Waals surface area contributed by atoms with Gasteiger partial charge in [0.2, 0.25) is 0 Å². The minimum Gasteiger partial charge on any atom is -0.399 e. The Hall–Kier alpha value is -2.39. The molecule has 0 aliphatic heterocycles. The highest BCUT2D eigenvalue weighted by Crippen LogP contribution is 2.12. The fourth-order valence-corrected chi connectivity index (χ4v) is 1.62. The number of nitriles is 1. The molecule has 19 heavy (non-hydrogen) atoms. The summed E-state index contributed by atoms with van der Waals surface area (Å²) in [7, 11) is 4.63. The molecule has 0 aromatic heterocycles. The summed E-state index contributed by atoms with van der Waals surface area (Å²) in [6.07, 6.45) is 1.83. The predicted molar refractivity (Wildman–Crippen MR) is 72.8 cm³/mol. The van der Waals surface area contributed by atoms with E-state index in [1.165, 1.54) is 7.11 Å². The molecule has 0 fully saturated rings. The third kappa shape index (κ3) is 3.79. The summed E-state index contributed by atoms with van der Waals surface area (Å²) in [6.45, 7) is 0.433. The summed E-state index contributed by atoms with van der Waals surface area (Å²) < 4.78 is 5.15. The van der Waals surface area contributed by atoms with Crippen LogP contribution in [0.2, 0.25) is 0 Å². The summed E-state index contributed by atoms with van der Waals surface area (Å²) in [5, 5.41) is 15.2. The zero-order chi connectivity index (χ0) is 14.1. The van der Waals surface area contributed by atoms with Crippen LogP contribution in [0.15, 0.2) is 34.4 Å². The summed E-state index contributed by atoms with van der Waals surface area (Å²) in [5.74, 6) is 0.341. The van der Waals surface area contributed by atoms with E-state index in [9.17, 15) is 0 Å². The molecule has 0 amide bonds. The lowest BCUT2D eigenvalue weighted by atomic mass is 10.0. The van der Waals surface area contributed by atoms with E-state index in [4.69, 9.17) is 14.8 Å². The Morgan fingerprint density at radius 1 is 1.37 bits per heavy atom. The number of amidine groups is 1. The molecule has 1 aromatic rings. The van der Waals surface area contributed by atoms with Crippen LogP contribution in [0.3, 0.4) is 0 Å². The molecule has 1 aromatic carbocycles. The van der Waals surface area contributed by atoms with Crippen molar-refractivity contribution in [1.29, 1.82) is 5.26 Å². The van der Waals surface area contributed by atoms with E-state index in [1.54, 1.807) is 14.2 Å². The smallest absolute Gasteiger partial charge is 0.182 e. The van der Waals surface area contributed by atoms with Gasteiger partial charge in [0.25, 0.3) is 0 Å². The van der Waals surface area contributed by atoms with Gasteiger partial charge in [0.15, 0.2) is 17.7 Å². The Balaban J connectivity index is 3.28. The van der Waals surface area contributed by atoms with Crippen LogP contribution in [0.25, 0.3) is 0 Å². The first-order valence-electron chi connectivity index (χ1n) is 5.59. The lowest BCUT2D eigenvalue weighted by molar-refractivity contribution is 0.184. The largest absolute Gasteiger partial charge is 0.399 e. The van der Waals surface area contributed by atoms with Crippen molar-refractivity contribution in [3.63, 3.8) is 0 Å². The summed E-state index contributed by atoms with van der Waals surface area (Å²) >= 11 is 0. The van der Waals surface area contributed by atoms with Crippen molar-refractivity contribution in [2.45, 2.75) is 6.61 Å². The number of hydrogen-bond donors (Lipinski definition) is 1. The van der Waals surface area contributed by atoms with Crippen LogP contribution in [0.1, 0.15) is 11.1 Å². The Labute approximate surface area is 112 Å². The highest BCUT2D eigenvalue weighted by atomic mass is 16.6. The Morgan fingerprint density at radius 3 is 2.68 bits per heavy atom. The van der Waals surface area contributed by atoms with Crippen LogP contribution in [0.4, 0.5) is 0 Å². The van der Waals surface area contributed by atoms with Gasteiger partial charge in [-0.25, -0.2) is 0 Å². The van der Waals surface area contributed by atoms with Crippen LogP contribution in [0.5, 0.6) is 0 Å². The monoisotopic (exact) mass is 260 g/mol. The van der Waals surface area contributed by atoms with Crippen molar-refractivity contribution < 1.29 is 9.57 Å². The first kappa shape index (κ1) is 14.7. The predicted octanol–water partition coefficient (Wildman–Crippen LogP) is 1.28. The molecule has 0 aliphatic rings. The number of oxime groups is 1. The van der Waals surface area contributed by atoms with Gasteiger partial charge in [0.1, 0.15) is 7.11 Å². The highest BCUT2D eigenvalue weighted by molar-refractivity contribution is 6.48. The quantitative estimate of drug-likeness (QED) is 0.284. The maximum absolute atomic E-state index is 8.74. The van der Waals surface area contributed by atoms with Gasteiger partial charge in [-0.1, -0.05) is 29.4 Å². The number of rotatable bonds is 5. The third-order valence-electron chi connectivity index (χ3n) is 2.38. The summed E-state index contributed by atoms with van der Waals surface area (Å²) in [5.41, 5.74) is 2.19. The van der Waals surface area contributed by atoms with E-state index in [0.717, 1.165) is 11.1 Å². The maximum atomic E-state index is 8.74. The number of aliphatic imine (C=N–C) groups is 1. The number of ether oxygens (including phenoxy) is 1. The Bertz CT molecular complexity index is 518. The topological polar surface area (TPSA) is 79.0 Å². The molecule has 0 spiro atoms. The van der Waals surface area contributed by atoms with Gasteiger partial charge < -0.3 is 9.57 Å². The minimum atomic E-state index is 0.341. The number of nitrogens with zero attached hydrogens (tertiary/aromatic N) is 3. The Morgan fingerprint density at radius 2 is 2.11 bits per heavy atom. The molecule has 0 saturated heterocycles. The molecule has 0 aliphatic carbocycles. The van der Waals surface area contributed by atoms with Crippen LogP contribution in [-0.2, 0) is 16.2 Å². The molecular formula is C13H16N4O2. The second kappa shape index (κ2) is 7.84. The summed E-state index contributed by atoms with van der Waals surface area (Å²) in [4.78, 5) is 8.84. The lowest BCUT2D eigenvalue weighted by Gasteiger charge is -2.11. The van der Waals surface area contributed by atoms with Crippen molar-refractivity contribution in [2.75, 3.05) is 21.3 Å². The molecule has 0 unspecified atom stereocenters. The van der Waals surface area contributed by atoms with Crippen molar-refractivity contribution in [2.24, 2.45) is 10.1 Å². The molecule has 0 bridgehead atoms. The molecule has 0 radical (unpaired) electrons. The number of methoxy groups -OCH3 is 1. The van der Waals surface area contributed by atoms with E-state index in [0.29, 0.717) is 18.2 Å². The van der Waals surface area contributed by atoms with Crippen molar-refractivity contribution in [1.82, 2.24) is 5.32 Å². The van der Waals surface area contributed by atoms with Gasteiger partial charge >= 0.3 is 0 Å². The van der Waals surface area contributed by atoms with Crippen molar-refractivity contribution >= 4 is 11.5 Å². The van der Waals surface area contributed by atoms with Crippen LogP contribution in [-0.4, -0.2) is 32.8 Å². The first-order chi connectivity index (χ1) is 9.28. The average molecular weight is 260 g/mol. The SMILES string of the molecule is CN=C(NC#N)/C(=N\OC)c1ccccc1COC. The molecule has 6 heteroatoms. The Kier molecular flexibility index (Phi) is 6.06. The first-order valence-corrected chi connectivity index (χ1v) is 5.59. The fourth-order valence-electron chi connectivity index (χ4n) is 1.62. The van der Waals surface area contributed by atoms with Gasteiger partial charge in [-0.15, -0.1) is 0 Å². The maximum Gasteiger partial charge on any atom is 0.182 e.